The van der Waals surface area contributed by atoms with Gasteiger partial charge in [0, 0.05) is 10.6 Å². The molecule has 1 saturated heterocycles. The Morgan fingerprint density at radius 2 is 1.65 bits per heavy atom. The molecule has 0 aliphatic carbocycles. The van der Waals surface area contributed by atoms with Gasteiger partial charge in [0.1, 0.15) is 4.58 Å². The second-order valence-corrected chi connectivity index (χ2v) is 8.43. The molecule has 2 aromatic carbocycles. The van der Waals surface area contributed by atoms with Crippen molar-refractivity contribution in [1.29, 1.82) is 0 Å². The van der Waals surface area contributed by atoms with Crippen LogP contribution >= 0.6 is 35.1 Å². The van der Waals surface area contributed by atoms with Crippen LogP contribution in [0.5, 0.6) is 0 Å². The van der Waals surface area contributed by atoms with E-state index in [0.717, 1.165) is 28.2 Å². The van der Waals surface area contributed by atoms with Gasteiger partial charge in [0.05, 0.1) is 0 Å². The summed E-state index contributed by atoms with van der Waals surface area (Å²) >= 11 is 9.47. The molecule has 0 aromatic heterocycles. The van der Waals surface area contributed by atoms with Crippen molar-refractivity contribution in [2.75, 3.05) is 11.5 Å². The van der Waals surface area contributed by atoms with E-state index in [4.69, 9.17) is 11.6 Å². The smallest absolute Gasteiger partial charge is 0.186 e. The van der Waals surface area contributed by atoms with E-state index in [9.17, 15) is 4.79 Å². The third-order valence-corrected chi connectivity index (χ3v) is 6.72. The number of benzene rings is 2. The fourth-order valence-corrected chi connectivity index (χ4v) is 5.28. The van der Waals surface area contributed by atoms with Crippen LogP contribution in [0.15, 0.2) is 54.6 Å². The van der Waals surface area contributed by atoms with E-state index in [-0.39, 0.29) is 10.4 Å². The third-order valence-electron chi connectivity index (χ3n) is 3.57. The van der Waals surface area contributed by atoms with Gasteiger partial charge in [-0.15, -0.1) is 23.5 Å². The van der Waals surface area contributed by atoms with Crippen LogP contribution in [-0.4, -0.2) is 21.9 Å². The Balaban J connectivity index is 1.96. The van der Waals surface area contributed by atoms with Crippen LogP contribution in [-0.2, 0) is 4.79 Å². The van der Waals surface area contributed by atoms with E-state index in [0.29, 0.717) is 5.02 Å². The van der Waals surface area contributed by atoms with Crippen LogP contribution < -0.4 is 0 Å². The molecule has 1 aliphatic heterocycles. The van der Waals surface area contributed by atoms with Crippen molar-refractivity contribution in [2.24, 2.45) is 0 Å². The zero-order valence-electron chi connectivity index (χ0n) is 12.6. The molecule has 0 unspecified atom stereocenters. The minimum absolute atomic E-state index is 0.00232. The topological polar surface area (TPSA) is 17.1 Å². The number of ketones is 1. The summed E-state index contributed by atoms with van der Waals surface area (Å²) < 4.78 is 0.00232. The van der Waals surface area contributed by atoms with Gasteiger partial charge in [-0.1, -0.05) is 54.1 Å². The fourth-order valence-electron chi connectivity index (χ4n) is 2.41. The van der Waals surface area contributed by atoms with Crippen molar-refractivity contribution >= 4 is 52.6 Å². The maximum Gasteiger partial charge on any atom is 0.186 e. The van der Waals surface area contributed by atoms with E-state index in [2.05, 4.69) is 0 Å². The van der Waals surface area contributed by atoms with E-state index < -0.39 is 0 Å². The predicted octanol–water partition coefficient (Wildman–Crippen LogP) is 5.65. The molecule has 4 heteroatoms. The van der Waals surface area contributed by atoms with Crippen LogP contribution in [0.3, 0.4) is 0 Å². The summed E-state index contributed by atoms with van der Waals surface area (Å²) in [5, 5.41) is 0.702. The van der Waals surface area contributed by atoms with Gasteiger partial charge in [0.15, 0.2) is 5.78 Å². The van der Waals surface area contributed by atoms with Crippen molar-refractivity contribution in [2.45, 2.75) is 11.0 Å². The van der Waals surface area contributed by atoms with Crippen molar-refractivity contribution < 1.29 is 4.79 Å². The molecule has 1 heterocycles. The standard InChI is InChI=1S/C19H17ClOS2/c20-16-9-7-14(8-10-16)13-17(15-5-2-1-3-6-15)18(21)19-22-11-4-12-23-19/h1-3,5-10,13,19H,4,11-12H2. The molecule has 1 nitrogen and oxygen atoms in total. The Morgan fingerprint density at radius 3 is 2.30 bits per heavy atom. The first kappa shape index (κ1) is 16.7. The van der Waals surface area contributed by atoms with Crippen molar-refractivity contribution in [3.8, 4) is 0 Å². The molecular weight excluding hydrogens is 344 g/mol. The highest BCUT2D eigenvalue weighted by molar-refractivity contribution is 8.18. The number of hydrogen-bond donors (Lipinski definition) is 0. The summed E-state index contributed by atoms with van der Waals surface area (Å²) in [6, 6.07) is 17.5. The molecule has 118 valence electrons. The minimum atomic E-state index is 0.00232. The Bertz CT molecular complexity index is 689. The van der Waals surface area contributed by atoms with Gasteiger partial charge in [-0.3, -0.25) is 4.79 Å². The molecule has 0 amide bonds. The molecule has 0 radical (unpaired) electrons. The number of Topliss-reactive ketones (excluding diaryl/α,β-unsaturated/α-hetero) is 1. The lowest BCUT2D eigenvalue weighted by Crippen LogP contribution is -2.19. The average molecular weight is 361 g/mol. The molecule has 0 spiro atoms. The highest BCUT2D eigenvalue weighted by atomic mass is 35.5. The Hall–Kier alpha value is -1.16. The largest absolute Gasteiger partial charge is 0.292 e. The Labute approximate surface area is 150 Å². The molecule has 1 aliphatic rings. The zero-order chi connectivity index (χ0) is 16.1. The maximum atomic E-state index is 13.0. The molecule has 0 bridgehead atoms. The monoisotopic (exact) mass is 360 g/mol. The number of thioether (sulfide) groups is 2. The predicted molar refractivity (Wildman–Crippen MR) is 104 cm³/mol. The third kappa shape index (κ3) is 4.43. The van der Waals surface area contributed by atoms with Gasteiger partial charge in [0.25, 0.3) is 0 Å². The van der Waals surface area contributed by atoms with Gasteiger partial charge < -0.3 is 0 Å². The lowest BCUT2D eigenvalue weighted by molar-refractivity contribution is -0.112. The molecule has 2 aromatic rings. The number of rotatable bonds is 4. The maximum absolute atomic E-state index is 13.0. The van der Waals surface area contributed by atoms with Gasteiger partial charge >= 0.3 is 0 Å². The second-order valence-electron chi connectivity index (χ2n) is 5.27. The van der Waals surface area contributed by atoms with Crippen molar-refractivity contribution in [3.05, 3.63) is 70.7 Å². The van der Waals surface area contributed by atoms with Crippen molar-refractivity contribution in [1.82, 2.24) is 0 Å². The SMILES string of the molecule is O=C(C(=Cc1ccc(Cl)cc1)c1ccccc1)C1SCCCS1. The quantitative estimate of drug-likeness (QED) is 0.518. The van der Waals surface area contributed by atoms with Crippen LogP contribution in [0.1, 0.15) is 17.5 Å². The summed E-state index contributed by atoms with van der Waals surface area (Å²) in [4.78, 5) is 13.0. The summed E-state index contributed by atoms with van der Waals surface area (Å²) in [6.45, 7) is 0. The van der Waals surface area contributed by atoms with E-state index in [1.807, 2.05) is 60.7 Å². The second kappa shape index (κ2) is 8.09. The first-order chi connectivity index (χ1) is 11.2. The molecule has 0 N–H and O–H groups in total. The summed E-state index contributed by atoms with van der Waals surface area (Å²) in [7, 11) is 0. The highest BCUT2D eigenvalue weighted by Crippen LogP contribution is 2.35. The number of carbonyl (C=O) groups is 1. The first-order valence-electron chi connectivity index (χ1n) is 7.54. The van der Waals surface area contributed by atoms with E-state index in [1.165, 1.54) is 6.42 Å². The van der Waals surface area contributed by atoms with Gasteiger partial charge in [-0.05, 0) is 47.3 Å². The Morgan fingerprint density at radius 1 is 1.00 bits per heavy atom. The molecule has 23 heavy (non-hydrogen) atoms. The molecule has 1 fully saturated rings. The van der Waals surface area contributed by atoms with Crippen molar-refractivity contribution in [3.63, 3.8) is 0 Å². The van der Waals surface area contributed by atoms with Gasteiger partial charge in [0.2, 0.25) is 0 Å². The van der Waals surface area contributed by atoms with Crippen LogP contribution in [0.2, 0.25) is 5.02 Å². The lowest BCUT2D eigenvalue weighted by Gasteiger charge is -2.21. The zero-order valence-corrected chi connectivity index (χ0v) is 15.0. The van der Waals surface area contributed by atoms with E-state index in [1.54, 1.807) is 23.5 Å². The normalized spacial score (nSPS) is 16.3. The number of carbonyl (C=O) groups excluding carboxylic acids is 1. The highest BCUT2D eigenvalue weighted by Gasteiger charge is 2.26. The molecular formula is C19H17ClOS2. The number of hydrogen-bond acceptors (Lipinski definition) is 3. The molecule has 0 saturated carbocycles. The summed E-state index contributed by atoms with van der Waals surface area (Å²) in [5.74, 6) is 2.33. The van der Waals surface area contributed by atoms with Gasteiger partial charge in [-0.25, -0.2) is 0 Å². The van der Waals surface area contributed by atoms with Crippen LogP contribution in [0.4, 0.5) is 0 Å². The molecule has 0 atom stereocenters. The number of allylic oxidation sites excluding steroid dienone is 1. The fraction of sp³-hybridized carbons (Fsp3) is 0.211. The summed E-state index contributed by atoms with van der Waals surface area (Å²) in [5.41, 5.74) is 2.74. The first-order valence-corrected chi connectivity index (χ1v) is 10.0. The summed E-state index contributed by atoms with van der Waals surface area (Å²) in [6.07, 6.45) is 3.16. The lowest BCUT2D eigenvalue weighted by atomic mass is 9.99. The number of halogens is 1. The minimum Gasteiger partial charge on any atom is -0.292 e. The Kier molecular flexibility index (Phi) is 5.87. The van der Waals surface area contributed by atoms with Crippen LogP contribution in [0.25, 0.3) is 11.6 Å². The average Bonchev–Trinajstić information content (AvgIpc) is 2.62. The van der Waals surface area contributed by atoms with Gasteiger partial charge in [-0.2, -0.15) is 0 Å². The van der Waals surface area contributed by atoms with Crippen LogP contribution in [0, 0.1) is 0 Å². The van der Waals surface area contributed by atoms with E-state index >= 15 is 0 Å². The molecule has 3 rings (SSSR count).